The van der Waals surface area contributed by atoms with Gasteiger partial charge in [-0.2, -0.15) is 5.10 Å². The van der Waals surface area contributed by atoms with Crippen LogP contribution in [0.3, 0.4) is 0 Å². The van der Waals surface area contributed by atoms with E-state index in [1.54, 1.807) is 22.9 Å². The SMILES string of the molecule is Cc1nn(C)c(C)c1CC(=O)NCC(=O)Nc1cccc(Cl)c1C. The zero-order valence-electron chi connectivity index (χ0n) is 14.2. The lowest BCUT2D eigenvalue weighted by molar-refractivity contribution is -0.123. The molecule has 2 amide bonds. The Balaban J connectivity index is 1.89. The number of benzene rings is 1. The van der Waals surface area contributed by atoms with Gasteiger partial charge in [-0.3, -0.25) is 14.3 Å². The summed E-state index contributed by atoms with van der Waals surface area (Å²) in [6.45, 7) is 5.51. The van der Waals surface area contributed by atoms with E-state index in [0.29, 0.717) is 10.7 Å². The Morgan fingerprint density at radius 3 is 2.54 bits per heavy atom. The minimum atomic E-state index is -0.298. The molecule has 0 bridgehead atoms. The number of nitrogens with zero attached hydrogens (tertiary/aromatic N) is 2. The molecule has 0 unspecified atom stereocenters. The van der Waals surface area contributed by atoms with Gasteiger partial charge in [0, 0.05) is 29.0 Å². The van der Waals surface area contributed by atoms with Crippen LogP contribution in [0, 0.1) is 20.8 Å². The van der Waals surface area contributed by atoms with Gasteiger partial charge in [0.15, 0.2) is 0 Å². The van der Waals surface area contributed by atoms with Gasteiger partial charge >= 0.3 is 0 Å². The Kier molecular flexibility index (Phi) is 5.62. The maximum Gasteiger partial charge on any atom is 0.243 e. The molecule has 0 aliphatic carbocycles. The molecule has 2 N–H and O–H groups in total. The third kappa shape index (κ3) is 4.14. The molecule has 0 atom stereocenters. The zero-order chi connectivity index (χ0) is 17.9. The summed E-state index contributed by atoms with van der Waals surface area (Å²) in [5.41, 5.74) is 4.09. The first kappa shape index (κ1) is 18.0. The molecule has 0 aliphatic rings. The first-order valence-corrected chi connectivity index (χ1v) is 7.98. The highest BCUT2D eigenvalue weighted by atomic mass is 35.5. The first-order valence-electron chi connectivity index (χ1n) is 7.60. The summed E-state index contributed by atoms with van der Waals surface area (Å²) >= 11 is 6.02. The molecule has 6 nitrogen and oxygen atoms in total. The van der Waals surface area contributed by atoms with Crippen LogP contribution in [0.15, 0.2) is 18.2 Å². The van der Waals surface area contributed by atoms with E-state index in [2.05, 4.69) is 15.7 Å². The van der Waals surface area contributed by atoms with Crippen molar-refractivity contribution in [3.8, 4) is 0 Å². The normalized spacial score (nSPS) is 10.5. The van der Waals surface area contributed by atoms with Gasteiger partial charge in [-0.05, 0) is 38.5 Å². The Bertz CT molecular complexity index is 783. The van der Waals surface area contributed by atoms with Gasteiger partial charge in [-0.25, -0.2) is 0 Å². The van der Waals surface area contributed by atoms with E-state index in [9.17, 15) is 9.59 Å². The average molecular weight is 349 g/mol. The lowest BCUT2D eigenvalue weighted by Gasteiger charge is -2.10. The van der Waals surface area contributed by atoms with Crippen LogP contribution >= 0.6 is 11.6 Å². The standard InChI is InChI=1S/C17H21ClN4O2/c1-10-14(18)6-5-7-15(10)20-17(24)9-19-16(23)8-13-11(2)21-22(4)12(13)3/h5-7H,8-9H2,1-4H3,(H,19,23)(H,20,24). The van der Waals surface area contributed by atoms with E-state index < -0.39 is 0 Å². The summed E-state index contributed by atoms with van der Waals surface area (Å²) in [5, 5.41) is 10.2. The zero-order valence-corrected chi connectivity index (χ0v) is 15.0. The fourth-order valence-electron chi connectivity index (χ4n) is 2.41. The lowest BCUT2D eigenvalue weighted by atomic mass is 10.1. The van der Waals surface area contributed by atoms with Crippen LogP contribution in [0.1, 0.15) is 22.5 Å². The maximum absolute atomic E-state index is 12.1. The second-order valence-corrected chi connectivity index (χ2v) is 6.09. The van der Waals surface area contributed by atoms with Crippen LogP contribution < -0.4 is 10.6 Å². The van der Waals surface area contributed by atoms with Crippen LogP contribution in [0.5, 0.6) is 0 Å². The summed E-state index contributed by atoms with van der Waals surface area (Å²) in [4.78, 5) is 24.0. The topological polar surface area (TPSA) is 76.0 Å². The average Bonchev–Trinajstić information content (AvgIpc) is 2.76. The Hall–Kier alpha value is -2.34. The molecular weight excluding hydrogens is 328 g/mol. The minimum absolute atomic E-state index is 0.0941. The Morgan fingerprint density at radius 1 is 1.21 bits per heavy atom. The fourth-order valence-corrected chi connectivity index (χ4v) is 2.59. The van der Waals surface area contributed by atoms with Gasteiger partial charge in [-0.1, -0.05) is 17.7 Å². The number of hydrogen-bond donors (Lipinski definition) is 2. The number of carbonyl (C=O) groups excluding carboxylic acids is 2. The molecule has 0 spiro atoms. The van der Waals surface area contributed by atoms with Gasteiger partial charge < -0.3 is 10.6 Å². The number of anilines is 1. The fraction of sp³-hybridized carbons (Fsp3) is 0.353. The van der Waals surface area contributed by atoms with Crippen LogP contribution in [-0.2, 0) is 23.1 Å². The smallest absolute Gasteiger partial charge is 0.243 e. The van der Waals surface area contributed by atoms with Crippen molar-refractivity contribution in [2.75, 3.05) is 11.9 Å². The molecule has 24 heavy (non-hydrogen) atoms. The largest absolute Gasteiger partial charge is 0.347 e. The molecule has 0 radical (unpaired) electrons. The number of carbonyl (C=O) groups is 2. The molecule has 128 valence electrons. The van der Waals surface area contributed by atoms with Crippen molar-refractivity contribution in [1.29, 1.82) is 0 Å². The van der Waals surface area contributed by atoms with Crippen LogP contribution in [0.4, 0.5) is 5.69 Å². The van der Waals surface area contributed by atoms with Crippen molar-refractivity contribution in [1.82, 2.24) is 15.1 Å². The van der Waals surface area contributed by atoms with Crippen molar-refractivity contribution >= 4 is 29.1 Å². The molecule has 0 fully saturated rings. The molecule has 0 saturated heterocycles. The second-order valence-electron chi connectivity index (χ2n) is 5.69. The molecule has 2 rings (SSSR count). The Labute approximate surface area is 146 Å². The van der Waals surface area contributed by atoms with Crippen molar-refractivity contribution < 1.29 is 9.59 Å². The van der Waals surface area contributed by atoms with Gasteiger partial charge in [-0.15, -0.1) is 0 Å². The minimum Gasteiger partial charge on any atom is -0.347 e. The predicted octanol–water partition coefficient (Wildman–Crippen LogP) is 2.30. The van der Waals surface area contributed by atoms with Crippen LogP contribution in [0.2, 0.25) is 5.02 Å². The number of halogens is 1. The summed E-state index contributed by atoms with van der Waals surface area (Å²) in [5.74, 6) is -0.513. The highest BCUT2D eigenvalue weighted by Gasteiger charge is 2.14. The number of rotatable bonds is 5. The summed E-state index contributed by atoms with van der Waals surface area (Å²) in [6.07, 6.45) is 0.203. The summed E-state index contributed by atoms with van der Waals surface area (Å²) < 4.78 is 1.74. The molecule has 0 saturated carbocycles. The van der Waals surface area contributed by atoms with E-state index in [-0.39, 0.29) is 24.8 Å². The van der Waals surface area contributed by atoms with Crippen LogP contribution in [0.25, 0.3) is 0 Å². The number of aryl methyl sites for hydroxylation is 2. The second kappa shape index (κ2) is 7.49. The number of amides is 2. The van der Waals surface area contributed by atoms with E-state index in [0.717, 1.165) is 22.5 Å². The van der Waals surface area contributed by atoms with Crippen molar-refractivity contribution in [3.63, 3.8) is 0 Å². The third-order valence-electron chi connectivity index (χ3n) is 3.98. The van der Waals surface area contributed by atoms with E-state index in [1.165, 1.54) is 0 Å². The highest BCUT2D eigenvalue weighted by molar-refractivity contribution is 6.31. The van der Waals surface area contributed by atoms with Gasteiger partial charge in [0.05, 0.1) is 18.7 Å². The summed E-state index contributed by atoms with van der Waals surface area (Å²) in [7, 11) is 1.84. The molecular formula is C17H21ClN4O2. The first-order chi connectivity index (χ1) is 11.3. The molecule has 0 aliphatic heterocycles. The van der Waals surface area contributed by atoms with Crippen LogP contribution in [-0.4, -0.2) is 28.1 Å². The van der Waals surface area contributed by atoms with Gasteiger partial charge in [0.2, 0.25) is 11.8 Å². The predicted molar refractivity (Wildman–Crippen MR) is 94.2 cm³/mol. The third-order valence-corrected chi connectivity index (χ3v) is 4.39. The summed E-state index contributed by atoms with van der Waals surface area (Å²) in [6, 6.07) is 5.29. The quantitative estimate of drug-likeness (QED) is 0.870. The van der Waals surface area contributed by atoms with Gasteiger partial charge in [0.1, 0.15) is 0 Å². The lowest BCUT2D eigenvalue weighted by Crippen LogP contribution is -2.34. The van der Waals surface area contributed by atoms with E-state index in [4.69, 9.17) is 11.6 Å². The van der Waals surface area contributed by atoms with E-state index >= 15 is 0 Å². The molecule has 1 heterocycles. The highest BCUT2D eigenvalue weighted by Crippen LogP contribution is 2.22. The van der Waals surface area contributed by atoms with Crippen molar-refractivity contribution in [2.45, 2.75) is 27.2 Å². The molecule has 1 aromatic carbocycles. The van der Waals surface area contributed by atoms with Crippen molar-refractivity contribution in [3.05, 3.63) is 45.7 Å². The van der Waals surface area contributed by atoms with Gasteiger partial charge in [0.25, 0.3) is 0 Å². The van der Waals surface area contributed by atoms with E-state index in [1.807, 2.05) is 27.8 Å². The molecule has 7 heteroatoms. The Morgan fingerprint density at radius 2 is 1.92 bits per heavy atom. The number of hydrogen-bond acceptors (Lipinski definition) is 3. The molecule has 2 aromatic rings. The number of aromatic nitrogens is 2. The number of nitrogens with one attached hydrogen (secondary N) is 2. The van der Waals surface area contributed by atoms with Crippen molar-refractivity contribution in [2.24, 2.45) is 7.05 Å². The maximum atomic E-state index is 12.1. The molecule has 1 aromatic heterocycles. The monoisotopic (exact) mass is 348 g/mol.